The molecule has 1 saturated heterocycles. The topological polar surface area (TPSA) is 44.5 Å². The van der Waals surface area contributed by atoms with E-state index in [4.69, 9.17) is 15.2 Å². The normalized spacial score (nSPS) is 31.3. The van der Waals surface area contributed by atoms with Crippen molar-refractivity contribution in [3.05, 3.63) is 35.4 Å². The van der Waals surface area contributed by atoms with Crippen molar-refractivity contribution in [2.75, 3.05) is 13.2 Å². The van der Waals surface area contributed by atoms with Gasteiger partial charge in [0.2, 0.25) is 0 Å². The molecule has 0 aromatic heterocycles. The summed E-state index contributed by atoms with van der Waals surface area (Å²) in [5, 5.41) is 0. The van der Waals surface area contributed by atoms with Crippen LogP contribution in [0.1, 0.15) is 36.4 Å². The Bertz CT molecular complexity index is 401. The van der Waals surface area contributed by atoms with Crippen molar-refractivity contribution in [2.24, 2.45) is 5.73 Å². The molecule has 0 saturated carbocycles. The van der Waals surface area contributed by atoms with Gasteiger partial charge in [0.15, 0.2) is 0 Å². The summed E-state index contributed by atoms with van der Waals surface area (Å²) in [6, 6.07) is 8.39. The lowest BCUT2D eigenvalue weighted by Crippen LogP contribution is -2.31. The van der Waals surface area contributed by atoms with Crippen LogP contribution in [0.5, 0.6) is 0 Å². The molecule has 2 aliphatic rings. The van der Waals surface area contributed by atoms with Gasteiger partial charge in [-0.05, 0) is 30.4 Å². The molecule has 0 bridgehead atoms. The van der Waals surface area contributed by atoms with Crippen LogP contribution in [-0.2, 0) is 15.9 Å². The predicted octanol–water partition coefficient (Wildman–Crippen LogP) is 2.20. The summed E-state index contributed by atoms with van der Waals surface area (Å²) in [4.78, 5) is 0. The van der Waals surface area contributed by atoms with Crippen LogP contribution >= 0.6 is 0 Å². The van der Waals surface area contributed by atoms with Gasteiger partial charge in [-0.25, -0.2) is 0 Å². The van der Waals surface area contributed by atoms with Gasteiger partial charge in [0.1, 0.15) is 0 Å². The molecule has 3 atom stereocenters. The molecule has 1 aliphatic carbocycles. The third-order valence-electron chi connectivity index (χ3n) is 4.01. The van der Waals surface area contributed by atoms with Crippen molar-refractivity contribution >= 4 is 0 Å². The fourth-order valence-electron chi connectivity index (χ4n) is 2.92. The Morgan fingerprint density at radius 1 is 1.28 bits per heavy atom. The molecule has 0 spiro atoms. The third kappa shape index (κ3) is 2.44. The highest BCUT2D eigenvalue weighted by Crippen LogP contribution is 2.31. The highest BCUT2D eigenvalue weighted by Gasteiger charge is 2.30. The molecule has 1 heterocycles. The lowest BCUT2D eigenvalue weighted by molar-refractivity contribution is -0.0655. The molecule has 3 unspecified atom stereocenters. The highest BCUT2D eigenvalue weighted by atomic mass is 16.5. The van der Waals surface area contributed by atoms with E-state index in [0.29, 0.717) is 6.61 Å². The fourth-order valence-corrected chi connectivity index (χ4v) is 2.92. The number of benzene rings is 1. The van der Waals surface area contributed by atoms with Gasteiger partial charge >= 0.3 is 0 Å². The largest absolute Gasteiger partial charge is 0.376 e. The minimum absolute atomic E-state index is 0.0183. The highest BCUT2D eigenvalue weighted by molar-refractivity contribution is 5.36. The van der Waals surface area contributed by atoms with E-state index in [1.54, 1.807) is 0 Å². The zero-order chi connectivity index (χ0) is 12.4. The van der Waals surface area contributed by atoms with Crippen LogP contribution in [0.25, 0.3) is 0 Å². The maximum atomic E-state index is 6.24. The molecule has 3 heteroatoms. The standard InChI is InChI=1S/C15H21NO2/c16-15-13-7-2-1-5-11(13)9-14(15)18-10-12-6-3-4-8-17-12/h1-2,5,7,12,14-15H,3-4,6,8-10,16H2. The first-order valence-corrected chi connectivity index (χ1v) is 6.91. The maximum Gasteiger partial charge on any atom is 0.0809 e. The van der Waals surface area contributed by atoms with Gasteiger partial charge in [0.05, 0.1) is 24.9 Å². The minimum atomic E-state index is 0.0183. The quantitative estimate of drug-likeness (QED) is 0.890. The van der Waals surface area contributed by atoms with Crippen molar-refractivity contribution in [2.45, 2.75) is 43.9 Å². The zero-order valence-electron chi connectivity index (χ0n) is 10.7. The van der Waals surface area contributed by atoms with E-state index >= 15 is 0 Å². The number of rotatable bonds is 3. The summed E-state index contributed by atoms with van der Waals surface area (Å²) in [6.45, 7) is 1.57. The average Bonchev–Trinajstić information content (AvgIpc) is 2.75. The van der Waals surface area contributed by atoms with Crippen LogP contribution in [0.2, 0.25) is 0 Å². The molecule has 1 fully saturated rings. The van der Waals surface area contributed by atoms with Gasteiger partial charge in [-0.1, -0.05) is 24.3 Å². The molecule has 3 rings (SSSR count). The van der Waals surface area contributed by atoms with Crippen molar-refractivity contribution in [1.82, 2.24) is 0 Å². The van der Waals surface area contributed by atoms with E-state index in [0.717, 1.165) is 19.4 Å². The van der Waals surface area contributed by atoms with E-state index in [9.17, 15) is 0 Å². The first-order valence-electron chi connectivity index (χ1n) is 6.91. The molecular formula is C15H21NO2. The Morgan fingerprint density at radius 2 is 2.17 bits per heavy atom. The first kappa shape index (κ1) is 12.2. The molecule has 3 nitrogen and oxygen atoms in total. The van der Waals surface area contributed by atoms with Crippen LogP contribution in [0.15, 0.2) is 24.3 Å². The second kappa shape index (κ2) is 5.39. The van der Waals surface area contributed by atoms with E-state index in [-0.39, 0.29) is 18.2 Å². The summed E-state index contributed by atoms with van der Waals surface area (Å²) < 4.78 is 11.7. The molecule has 0 amide bonds. The first-order chi connectivity index (χ1) is 8.84. The lowest BCUT2D eigenvalue weighted by Gasteiger charge is -2.25. The van der Waals surface area contributed by atoms with E-state index in [1.165, 1.54) is 24.0 Å². The number of fused-ring (bicyclic) bond motifs is 1. The SMILES string of the molecule is NC1c2ccccc2CC1OCC1CCCCO1. The Labute approximate surface area is 108 Å². The molecule has 1 aromatic rings. The van der Waals surface area contributed by atoms with Gasteiger partial charge in [-0.3, -0.25) is 0 Å². The molecule has 2 N–H and O–H groups in total. The second-order valence-corrected chi connectivity index (χ2v) is 5.29. The average molecular weight is 247 g/mol. The second-order valence-electron chi connectivity index (χ2n) is 5.29. The van der Waals surface area contributed by atoms with Crippen LogP contribution in [0.3, 0.4) is 0 Å². The van der Waals surface area contributed by atoms with Gasteiger partial charge in [0, 0.05) is 13.0 Å². The molecule has 1 aliphatic heterocycles. The van der Waals surface area contributed by atoms with Crippen molar-refractivity contribution in [3.8, 4) is 0 Å². The van der Waals surface area contributed by atoms with E-state index in [2.05, 4.69) is 18.2 Å². The van der Waals surface area contributed by atoms with Crippen molar-refractivity contribution < 1.29 is 9.47 Å². The van der Waals surface area contributed by atoms with Crippen LogP contribution in [0, 0.1) is 0 Å². The summed E-state index contributed by atoms with van der Waals surface area (Å²) in [7, 11) is 0. The monoisotopic (exact) mass is 247 g/mol. The number of ether oxygens (including phenoxy) is 2. The summed E-state index contributed by atoms with van der Waals surface area (Å²) >= 11 is 0. The van der Waals surface area contributed by atoms with Crippen LogP contribution in [0.4, 0.5) is 0 Å². The van der Waals surface area contributed by atoms with Crippen molar-refractivity contribution in [1.29, 1.82) is 0 Å². The van der Waals surface area contributed by atoms with Gasteiger partial charge < -0.3 is 15.2 Å². The molecular weight excluding hydrogens is 226 g/mol. The summed E-state index contributed by atoms with van der Waals surface area (Å²) in [5.74, 6) is 0. The Kier molecular flexibility index (Phi) is 3.64. The fraction of sp³-hybridized carbons (Fsp3) is 0.600. The summed E-state index contributed by atoms with van der Waals surface area (Å²) in [5.41, 5.74) is 8.82. The third-order valence-corrected chi connectivity index (χ3v) is 4.01. The molecule has 1 aromatic carbocycles. The number of hydrogen-bond acceptors (Lipinski definition) is 3. The zero-order valence-corrected chi connectivity index (χ0v) is 10.7. The Hall–Kier alpha value is -0.900. The van der Waals surface area contributed by atoms with Crippen LogP contribution < -0.4 is 5.73 Å². The minimum Gasteiger partial charge on any atom is -0.376 e. The van der Waals surface area contributed by atoms with E-state index in [1.807, 2.05) is 6.07 Å². The Balaban J connectivity index is 1.56. The van der Waals surface area contributed by atoms with Crippen molar-refractivity contribution in [3.63, 3.8) is 0 Å². The number of nitrogens with two attached hydrogens (primary N) is 1. The predicted molar refractivity (Wildman–Crippen MR) is 70.4 cm³/mol. The van der Waals surface area contributed by atoms with Gasteiger partial charge in [-0.2, -0.15) is 0 Å². The molecule has 98 valence electrons. The summed E-state index contributed by atoms with van der Waals surface area (Å²) in [6.07, 6.45) is 4.89. The van der Waals surface area contributed by atoms with Gasteiger partial charge in [-0.15, -0.1) is 0 Å². The van der Waals surface area contributed by atoms with Crippen LogP contribution in [-0.4, -0.2) is 25.4 Å². The smallest absolute Gasteiger partial charge is 0.0809 e. The molecule has 0 radical (unpaired) electrons. The Morgan fingerprint density at radius 3 is 2.94 bits per heavy atom. The molecule has 18 heavy (non-hydrogen) atoms. The van der Waals surface area contributed by atoms with E-state index < -0.39 is 0 Å². The maximum absolute atomic E-state index is 6.24. The lowest BCUT2D eigenvalue weighted by atomic mass is 10.1. The number of hydrogen-bond donors (Lipinski definition) is 1. The van der Waals surface area contributed by atoms with Gasteiger partial charge in [0.25, 0.3) is 0 Å².